The molecular formula is C51H62N8O8. The van der Waals surface area contributed by atoms with Crippen LogP contribution in [0.2, 0.25) is 0 Å². The molecule has 5 aromatic rings. The van der Waals surface area contributed by atoms with Crippen molar-refractivity contribution in [2.75, 3.05) is 14.2 Å². The fourth-order valence-electron chi connectivity index (χ4n) is 12.4. The van der Waals surface area contributed by atoms with Crippen LogP contribution in [-0.2, 0) is 25.7 Å². The molecule has 0 spiro atoms. The molecule has 354 valence electrons. The molecule has 4 fully saturated rings. The number of carbonyl (C=O) groups excluding carboxylic acids is 3. The lowest BCUT2D eigenvalue weighted by Crippen LogP contribution is -2.55. The summed E-state index contributed by atoms with van der Waals surface area (Å²) in [6.07, 6.45) is 6.67. The minimum absolute atomic E-state index is 0.0325. The van der Waals surface area contributed by atoms with E-state index in [1.54, 1.807) is 0 Å². The highest BCUT2D eigenvalue weighted by atomic mass is 16.5. The molecular weight excluding hydrogens is 853 g/mol. The summed E-state index contributed by atoms with van der Waals surface area (Å²) < 4.78 is 17.4. The summed E-state index contributed by atoms with van der Waals surface area (Å²) in [5, 5.41) is 14.8. The van der Waals surface area contributed by atoms with Gasteiger partial charge in [0.15, 0.2) is 0 Å². The Bertz CT molecular complexity index is 2740. The van der Waals surface area contributed by atoms with Crippen LogP contribution in [0.25, 0.3) is 44.2 Å². The average Bonchev–Trinajstić information content (AvgIpc) is 4.15. The van der Waals surface area contributed by atoms with Crippen LogP contribution in [0.3, 0.4) is 0 Å². The van der Waals surface area contributed by atoms with Gasteiger partial charge in [0.1, 0.15) is 36.1 Å². The van der Waals surface area contributed by atoms with E-state index in [1.165, 1.54) is 14.2 Å². The number of aromatic amines is 2. The van der Waals surface area contributed by atoms with Crippen molar-refractivity contribution in [3.63, 3.8) is 0 Å². The zero-order valence-electron chi connectivity index (χ0n) is 39.4. The van der Waals surface area contributed by atoms with E-state index >= 15 is 0 Å². The third-order valence-corrected chi connectivity index (χ3v) is 15.5. The van der Waals surface area contributed by atoms with Crippen molar-refractivity contribution in [1.29, 1.82) is 0 Å². The third-order valence-electron chi connectivity index (χ3n) is 15.5. The van der Waals surface area contributed by atoms with Gasteiger partial charge in [0.05, 0.1) is 54.3 Å². The standard InChI is InChI=1S/C51H62N8O8/c1-25(2)45(57(6)51(63)64)49(61)59-39-10-8-9-31(39)21-41(59)47-53-37-15-13-29-20-36-34-14-12-30(19-33(34)24-66-42(36)22-35(29)44(37)55-47)38-23-52-46(54-38)40-16-11-26(3)58(40)48(60)43(56-50(62)65-7)32-17-27(4)67-28(5)18-32/h12-15,19-20,22-23,25-28,31-32,39-41,43,45H,8-11,16-18,21,24H2,1-7H3,(H,52,54)(H,53,55)(H,56,62)(H,63,64)/t26-,27+,28+,31-,39-,40-,41-,43-,45-/m0/s1. The van der Waals surface area contributed by atoms with Crippen molar-refractivity contribution >= 4 is 45.8 Å². The molecule has 16 nitrogen and oxygen atoms in total. The van der Waals surface area contributed by atoms with Gasteiger partial charge in [-0.2, -0.15) is 0 Å². The number of amides is 4. The molecule has 4 N–H and O–H groups in total. The van der Waals surface area contributed by atoms with Crippen molar-refractivity contribution in [2.45, 2.75) is 141 Å². The number of carboxylic acid groups (broad SMARTS) is 1. The van der Waals surface area contributed by atoms with Crippen LogP contribution in [0.4, 0.5) is 9.59 Å². The Hall–Kier alpha value is -6.16. The van der Waals surface area contributed by atoms with Gasteiger partial charge in [0.2, 0.25) is 11.8 Å². The monoisotopic (exact) mass is 914 g/mol. The quantitative estimate of drug-likeness (QED) is 0.111. The molecule has 2 aromatic heterocycles. The van der Waals surface area contributed by atoms with E-state index in [9.17, 15) is 24.3 Å². The SMILES string of the molecule is COC(=O)N[C@H](C(=O)N1[C@@H](C)CC[C@H]1c1ncc(-c2ccc3c(c2)COc2cc4c(ccc5nc([C@@H]6C[C@@H]7CCC[C@@H]7N6C(=O)[C@H](C(C)C)N(C)C(=O)O)[nH]c54)cc2-3)[nH]1)C1C[C@@H](C)O[C@H](C)C1. The number of hydrogen-bond donors (Lipinski definition) is 4. The summed E-state index contributed by atoms with van der Waals surface area (Å²) >= 11 is 0. The Morgan fingerprint density at radius 3 is 2.43 bits per heavy atom. The number of hydrogen-bond acceptors (Lipinski definition) is 9. The van der Waals surface area contributed by atoms with Gasteiger partial charge in [0.25, 0.3) is 0 Å². The van der Waals surface area contributed by atoms with E-state index < -0.39 is 24.3 Å². The first-order chi connectivity index (χ1) is 32.2. The van der Waals surface area contributed by atoms with E-state index in [0.29, 0.717) is 31.2 Å². The Morgan fingerprint density at radius 2 is 1.69 bits per heavy atom. The number of H-pyrrole nitrogens is 2. The maximum absolute atomic E-state index is 14.5. The summed E-state index contributed by atoms with van der Waals surface area (Å²) in [5.74, 6) is 1.98. The number of nitrogens with zero attached hydrogens (tertiary/aromatic N) is 5. The van der Waals surface area contributed by atoms with Crippen molar-refractivity contribution in [1.82, 2.24) is 40.0 Å². The highest BCUT2D eigenvalue weighted by Gasteiger charge is 2.50. The fourth-order valence-corrected chi connectivity index (χ4v) is 12.4. The first-order valence-electron chi connectivity index (χ1n) is 24.1. The summed E-state index contributed by atoms with van der Waals surface area (Å²) in [5.41, 5.74) is 6.58. The second-order valence-corrected chi connectivity index (χ2v) is 20.1. The van der Waals surface area contributed by atoms with Crippen molar-refractivity contribution in [3.05, 3.63) is 65.9 Å². The lowest BCUT2D eigenvalue weighted by Gasteiger charge is -2.39. The van der Waals surface area contributed by atoms with Gasteiger partial charge in [0, 0.05) is 30.1 Å². The average molecular weight is 915 g/mol. The van der Waals surface area contributed by atoms with Gasteiger partial charge >= 0.3 is 12.2 Å². The number of likely N-dealkylation sites (N-methyl/N-ethyl adjacent to an activating group) is 1. The smallest absolute Gasteiger partial charge is 0.407 e. The lowest BCUT2D eigenvalue weighted by atomic mass is 9.85. The number of nitrogens with one attached hydrogen (secondary N) is 3. The number of ether oxygens (including phenoxy) is 3. The highest BCUT2D eigenvalue weighted by Crippen LogP contribution is 2.49. The Balaban J connectivity index is 0.907. The largest absolute Gasteiger partial charge is 0.488 e. The van der Waals surface area contributed by atoms with Gasteiger partial charge < -0.3 is 44.4 Å². The molecule has 16 heteroatoms. The molecule has 67 heavy (non-hydrogen) atoms. The number of aromatic nitrogens is 4. The predicted molar refractivity (Wildman–Crippen MR) is 251 cm³/mol. The first kappa shape index (κ1) is 44.7. The molecule has 0 unspecified atom stereocenters. The van der Waals surface area contributed by atoms with E-state index in [4.69, 9.17) is 24.2 Å². The van der Waals surface area contributed by atoms with Crippen molar-refractivity contribution in [2.24, 2.45) is 17.8 Å². The molecule has 10 rings (SSSR count). The second-order valence-electron chi connectivity index (χ2n) is 20.1. The van der Waals surface area contributed by atoms with Crippen LogP contribution in [0, 0.1) is 17.8 Å². The number of carbonyl (C=O) groups is 4. The first-order valence-corrected chi connectivity index (χ1v) is 24.1. The molecule has 4 amide bonds. The number of benzene rings is 3. The minimum atomic E-state index is -1.11. The van der Waals surface area contributed by atoms with Gasteiger partial charge in [-0.05, 0) is 130 Å². The topological polar surface area (TPSA) is 195 Å². The molecule has 4 aliphatic heterocycles. The Morgan fingerprint density at radius 1 is 0.896 bits per heavy atom. The van der Waals surface area contributed by atoms with Crippen LogP contribution in [-0.4, -0.2) is 114 Å². The Kier molecular flexibility index (Phi) is 11.7. The third kappa shape index (κ3) is 7.93. The van der Waals surface area contributed by atoms with Crippen LogP contribution < -0.4 is 10.1 Å². The second kappa shape index (κ2) is 17.5. The van der Waals surface area contributed by atoms with Crippen molar-refractivity contribution in [3.8, 4) is 28.1 Å². The van der Waals surface area contributed by atoms with Crippen LogP contribution in [0.1, 0.15) is 115 Å². The molecule has 0 radical (unpaired) electrons. The number of imidazole rings is 2. The van der Waals surface area contributed by atoms with Gasteiger partial charge in [-0.15, -0.1) is 0 Å². The molecule has 3 saturated heterocycles. The van der Waals surface area contributed by atoms with Crippen LogP contribution in [0.5, 0.6) is 5.75 Å². The van der Waals surface area contributed by atoms with E-state index in [1.807, 2.05) is 49.8 Å². The molecule has 9 atom stereocenters. The number of likely N-dealkylation sites (tertiary alicyclic amines) is 2. The zero-order valence-corrected chi connectivity index (χ0v) is 39.4. The molecule has 1 aliphatic carbocycles. The van der Waals surface area contributed by atoms with E-state index in [0.717, 1.165) is 105 Å². The van der Waals surface area contributed by atoms with Gasteiger partial charge in [-0.3, -0.25) is 14.5 Å². The lowest BCUT2D eigenvalue weighted by molar-refractivity contribution is -0.141. The van der Waals surface area contributed by atoms with Crippen LogP contribution >= 0.6 is 0 Å². The summed E-state index contributed by atoms with van der Waals surface area (Å²) in [6.45, 7) is 10.2. The normalized spacial score (nSPS) is 26.5. The number of rotatable bonds is 9. The predicted octanol–water partition coefficient (Wildman–Crippen LogP) is 8.72. The molecule has 1 saturated carbocycles. The molecule has 6 heterocycles. The van der Waals surface area contributed by atoms with E-state index in [2.05, 4.69) is 58.6 Å². The number of methoxy groups -OCH3 is 1. The van der Waals surface area contributed by atoms with Crippen LogP contribution in [0.15, 0.2) is 48.7 Å². The fraction of sp³-hybridized carbons (Fsp3) is 0.529. The summed E-state index contributed by atoms with van der Waals surface area (Å²) in [7, 11) is 2.80. The number of fused-ring (bicyclic) bond motifs is 7. The highest BCUT2D eigenvalue weighted by molar-refractivity contribution is 6.07. The summed E-state index contributed by atoms with van der Waals surface area (Å²) in [6, 6.07) is 12.6. The van der Waals surface area contributed by atoms with E-state index in [-0.39, 0.29) is 60.0 Å². The van der Waals surface area contributed by atoms with Gasteiger partial charge in [-0.1, -0.05) is 38.5 Å². The molecule has 0 bridgehead atoms. The maximum atomic E-state index is 14.5. The minimum Gasteiger partial charge on any atom is -0.488 e. The number of alkyl carbamates (subject to hydrolysis) is 1. The van der Waals surface area contributed by atoms with Crippen molar-refractivity contribution < 1.29 is 38.5 Å². The Labute approximate surface area is 390 Å². The summed E-state index contributed by atoms with van der Waals surface area (Å²) in [4.78, 5) is 75.7. The maximum Gasteiger partial charge on any atom is 0.407 e. The molecule has 5 aliphatic rings. The molecule has 3 aromatic carbocycles. The zero-order chi connectivity index (χ0) is 47.0. The van der Waals surface area contributed by atoms with Gasteiger partial charge in [-0.25, -0.2) is 19.6 Å².